The first-order valence-electron chi connectivity index (χ1n) is 11.5. The SMILES string of the molecule is Cc1ccc2c(c1)NC(=O)CC(C)(C(=O)NC1CCCCC1)N2C(=O)Cc1ccccc1. The summed E-state index contributed by atoms with van der Waals surface area (Å²) < 4.78 is 0. The minimum atomic E-state index is -1.33. The molecule has 1 saturated carbocycles. The Bertz CT molecular complexity index is 1010. The number of hydrogen-bond donors (Lipinski definition) is 2. The second-order valence-electron chi connectivity index (χ2n) is 9.22. The third-order valence-corrected chi connectivity index (χ3v) is 6.54. The summed E-state index contributed by atoms with van der Waals surface area (Å²) in [4.78, 5) is 41.8. The fraction of sp³-hybridized carbons (Fsp3) is 0.423. The Morgan fingerprint density at radius 3 is 2.53 bits per heavy atom. The van der Waals surface area contributed by atoms with Gasteiger partial charge in [0, 0.05) is 6.04 Å². The van der Waals surface area contributed by atoms with Gasteiger partial charge in [0.2, 0.25) is 17.7 Å². The largest absolute Gasteiger partial charge is 0.351 e. The molecule has 168 valence electrons. The van der Waals surface area contributed by atoms with Gasteiger partial charge in [-0.3, -0.25) is 19.3 Å². The van der Waals surface area contributed by atoms with Crippen molar-refractivity contribution < 1.29 is 14.4 Å². The minimum Gasteiger partial charge on any atom is -0.351 e. The lowest BCUT2D eigenvalue weighted by Gasteiger charge is -2.40. The Kier molecular flexibility index (Phi) is 6.31. The van der Waals surface area contributed by atoms with E-state index in [2.05, 4.69) is 10.6 Å². The molecule has 1 unspecified atom stereocenters. The molecule has 1 fully saturated rings. The van der Waals surface area contributed by atoms with E-state index >= 15 is 0 Å². The van der Waals surface area contributed by atoms with E-state index in [0.29, 0.717) is 11.4 Å². The first kappa shape index (κ1) is 22.1. The molecule has 0 bridgehead atoms. The van der Waals surface area contributed by atoms with Gasteiger partial charge < -0.3 is 10.6 Å². The number of hydrogen-bond acceptors (Lipinski definition) is 3. The van der Waals surface area contributed by atoms with E-state index in [9.17, 15) is 14.4 Å². The number of nitrogens with zero attached hydrogens (tertiary/aromatic N) is 1. The molecule has 1 atom stereocenters. The summed E-state index contributed by atoms with van der Waals surface area (Å²) in [5.74, 6) is -0.748. The Hall–Kier alpha value is -3.15. The van der Waals surface area contributed by atoms with Crippen LogP contribution in [-0.4, -0.2) is 29.3 Å². The summed E-state index contributed by atoms with van der Waals surface area (Å²) in [5, 5.41) is 6.07. The molecule has 1 aliphatic heterocycles. The Morgan fingerprint density at radius 2 is 1.81 bits per heavy atom. The van der Waals surface area contributed by atoms with Gasteiger partial charge in [-0.1, -0.05) is 55.7 Å². The fourth-order valence-electron chi connectivity index (χ4n) is 4.83. The quantitative estimate of drug-likeness (QED) is 0.761. The summed E-state index contributed by atoms with van der Waals surface area (Å²) in [7, 11) is 0. The highest BCUT2D eigenvalue weighted by Crippen LogP contribution is 2.38. The van der Waals surface area contributed by atoms with Gasteiger partial charge in [0.1, 0.15) is 5.54 Å². The van der Waals surface area contributed by atoms with E-state index in [-0.39, 0.29) is 36.6 Å². The number of carbonyl (C=O) groups excluding carboxylic acids is 3. The number of amides is 3. The number of aryl methyl sites for hydroxylation is 1. The zero-order chi connectivity index (χ0) is 22.7. The maximum Gasteiger partial charge on any atom is 0.246 e. The second kappa shape index (κ2) is 9.15. The summed E-state index contributed by atoms with van der Waals surface area (Å²) in [6, 6.07) is 15.1. The van der Waals surface area contributed by atoms with Crippen LogP contribution in [-0.2, 0) is 20.8 Å². The van der Waals surface area contributed by atoms with Crippen molar-refractivity contribution in [1.82, 2.24) is 5.32 Å². The summed E-state index contributed by atoms with van der Waals surface area (Å²) >= 11 is 0. The molecular formula is C26H31N3O3. The molecule has 2 aliphatic rings. The van der Waals surface area contributed by atoms with Gasteiger partial charge in [-0.2, -0.15) is 0 Å². The maximum atomic E-state index is 13.7. The van der Waals surface area contributed by atoms with Gasteiger partial charge in [0.05, 0.1) is 24.2 Å². The van der Waals surface area contributed by atoms with Crippen molar-refractivity contribution in [3.63, 3.8) is 0 Å². The van der Waals surface area contributed by atoms with Crippen LogP contribution in [0.4, 0.5) is 11.4 Å². The molecule has 1 heterocycles. The number of rotatable bonds is 4. The molecule has 0 spiro atoms. The molecule has 6 nitrogen and oxygen atoms in total. The number of anilines is 2. The average Bonchev–Trinajstić information content (AvgIpc) is 2.88. The smallest absolute Gasteiger partial charge is 0.246 e. The van der Waals surface area contributed by atoms with E-state index in [4.69, 9.17) is 0 Å². The number of fused-ring (bicyclic) bond motifs is 1. The highest BCUT2D eigenvalue weighted by molar-refractivity contribution is 6.12. The Balaban J connectivity index is 1.74. The van der Waals surface area contributed by atoms with Crippen molar-refractivity contribution in [3.05, 3.63) is 59.7 Å². The van der Waals surface area contributed by atoms with Crippen molar-refractivity contribution >= 4 is 29.1 Å². The highest BCUT2D eigenvalue weighted by Gasteiger charge is 2.47. The van der Waals surface area contributed by atoms with Gasteiger partial charge in [-0.05, 0) is 49.9 Å². The van der Waals surface area contributed by atoms with Gasteiger partial charge in [0.15, 0.2) is 0 Å². The molecule has 0 saturated heterocycles. The molecule has 1 aliphatic carbocycles. The van der Waals surface area contributed by atoms with Crippen molar-refractivity contribution in [1.29, 1.82) is 0 Å². The number of benzene rings is 2. The van der Waals surface area contributed by atoms with E-state index in [0.717, 1.165) is 36.8 Å². The summed E-state index contributed by atoms with van der Waals surface area (Å²) in [5.41, 5.74) is 1.63. The van der Waals surface area contributed by atoms with Gasteiger partial charge in [-0.15, -0.1) is 0 Å². The molecule has 32 heavy (non-hydrogen) atoms. The van der Waals surface area contributed by atoms with Crippen LogP contribution in [0, 0.1) is 6.92 Å². The second-order valence-corrected chi connectivity index (χ2v) is 9.22. The van der Waals surface area contributed by atoms with Crippen molar-refractivity contribution in [2.75, 3.05) is 10.2 Å². The number of carbonyl (C=O) groups is 3. The Labute approximate surface area is 189 Å². The predicted octanol–water partition coefficient (Wildman–Crippen LogP) is 4.12. The molecule has 2 aromatic carbocycles. The van der Waals surface area contributed by atoms with Gasteiger partial charge >= 0.3 is 0 Å². The third kappa shape index (κ3) is 4.54. The minimum absolute atomic E-state index is 0.0861. The average molecular weight is 434 g/mol. The molecule has 3 amide bonds. The fourth-order valence-corrected chi connectivity index (χ4v) is 4.83. The maximum absolute atomic E-state index is 13.7. The van der Waals surface area contributed by atoms with E-state index in [1.165, 1.54) is 6.42 Å². The van der Waals surface area contributed by atoms with Crippen LogP contribution in [0.25, 0.3) is 0 Å². The molecule has 2 aromatic rings. The van der Waals surface area contributed by atoms with Crippen LogP contribution >= 0.6 is 0 Å². The van der Waals surface area contributed by atoms with E-state index in [1.54, 1.807) is 11.8 Å². The van der Waals surface area contributed by atoms with Gasteiger partial charge in [0.25, 0.3) is 0 Å². The van der Waals surface area contributed by atoms with Crippen LogP contribution in [0.15, 0.2) is 48.5 Å². The predicted molar refractivity (Wildman–Crippen MR) is 125 cm³/mol. The lowest BCUT2D eigenvalue weighted by Crippen LogP contribution is -2.61. The first-order valence-corrected chi connectivity index (χ1v) is 11.5. The van der Waals surface area contributed by atoms with Crippen LogP contribution < -0.4 is 15.5 Å². The van der Waals surface area contributed by atoms with Crippen LogP contribution in [0.2, 0.25) is 0 Å². The van der Waals surface area contributed by atoms with Crippen LogP contribution in [0.1, 0.15) is 56.6 Å². The lowest BCUT2D eigenvalue weighted by atomic mass is 9.90. The molecule has 2 N–H and O–H groups in total. The zero-order valence-corrected chi connectivity index (χ0v) is 18.8. The molecule has 0 aromatic heterocycles. The topological polar surface area (TPSA) is 78.5 Å². The van der Waals surface area contributed by atoms with Crippen molar-refractivity contribution in [2.45, 2.75) is 70.4 Å². The Morgan fingerprint density at radius 1 is 1.09 bits per heavy atom. The molecule has 0 radical (unpaired) electrons. The molecule has 4 rings (SSSR count). The summed E-state index contributed by atoms with van der Waals surface area (Å²) in [6.45, 7) is 3.64. The normalized spacial score (nSPS) is 21.3. The molecule has 6 heteroatoms. The highest BCUT2D eigenvalue weighted by atomic mass is 16.2. The van der Waals surface area contributed by atoms with Gasteiger partial charge in [-0.25, -0.2) is 0 Å². The summed E-state index contributed by atoms with van der Waals surface area (Å²) in [6.07, 6.45) is 5.26. The van der Waals surface area contributed by atoms with Crippen molar-refractivity contribution in [3.8, 4) is 0 Å². The van der Waals surface area contributed by atoms with E-state index < -0.39 is 5.54 Å². The zero-order valence-electron chi connectivity index (χ0n) is 18.8. The van der Waals surface area contributed by atoms with E-state index in [1.807, 2.05) is 55.5 Å². The lowest BCUT2D eigenvalue weighted by molar-refractivity contribution is -0.133. The van der Waals surface area contributed by atoms with Crippen LogP contribution in [0.3, 0.4) is 0 Å². The monoisotopic (exact) mass is 433 g/mol. The molecular weight excluding hydrogens is 402 g/mol. The van der Waals surface area contributed by atoms with Crippen molar-refractivity contribution in [2.24, 2.45) is 0 Å². The van der Waals surface area contributed by atoms with Crippen LogP contribution in [0.5, 0.6) is 0 Å². The number of nitrogens with one attached hydrogen (secondary N) is 2. The standard InChI is InChI=1S/C26H31N3O3/c1-18-13-14-22-21(15-18)28-23(30)17-26(2,25(32)27-20-11-7-4-8-12-20)29(22)24(31)16-19-9-5-3-6-10-19/h3,5-6,9-10,13-15,20H,4,7-8,11-12,16-17H2,1-2H3,(H,27,32)(H,28,30). The third-order valence-electron chi connectivity index (χ3n) is 6.54. The first-order chi connectivity index (χ1) is 15.4.